The third-order valence-corrected chi connectivity index (χ3v) is 4.00. The molecule has 0 spiro atoms. The molecule has 0 aliphatic carbocycles. The van der Waals surface area contributed by atoms with Crippen molar-refractivity contribution in [2.45, 2.75) is 39.2 Å². The molecule has 1 aromatic heterocycles. The van der Waals surface area contributed by atoms with Gasteiger partial charge in [0, 0.05) is 18.4 Å². The number of anilines is 1. The predicted molar refractivity (Wildman–Crippen MR) is 81.6 cm³/mol. The fourth-order valence-electron chi connectivity index (χ4n) is 2.82. The summed E-state index contributed by atoms with van der Waals surface area (Å²) in [4.78, 5) is 15.6. The van der Waals surface area contributed by atoms with Gasteiger partial charge < -0.3 is 0 Å². The molecule has 21 heavy (non-hydrogen) atoms. The SMILES string of the molecule is CC(=O)Nc1nc2n(n1)C(c1cc(Cl)ccc1C)CCC2. The minimum Gasteiger partial charge on any atom is -0.293 e. The van der Waals surface area contributed by atoms with Crippen LogP contribution in [0.1, 0.15) is 42.8 Å². The van der Waals surface area contributed by atoms with E-state index in [9.17, 15) is 4.79 Å². The van der Waals surface area contributed by atoms with E-state index >= 15 is 0 Å². The molecule has 1 amide bonds. The summed E-state index contributed by atoms with van der Waals surface area (Å²) in [6.07, 6.45) is 2.93. The molecular weight excluding hydrogens is 288 g/mol. The number of fused-ring (bicyclic) bond motifs is 1. The van der Waals surface area contributed by atoms with Gasteiger partial charge in [0.2, 0.25) is 11.9 Å². The Morgan fingerprint density at radius 3 is 3.05 bits per heavy atom. The van der Waals surface area contributed by atoms with Gasteiger partial charge in [0.25, 0.3) is 0 Å². The molecule has 0 radical (unpaired) electrons. The Labute approximate surface area is 128 Å². The first-order valence-electron chi connectivity index (χ1n) is 7.03. The van der Waals surface area contributed by atoms with Gasteiger partial charge in [0.05, 0.1) is 6.04 Å². The van der Waals surface area contributed by atoms with Crippen LogP contribution in [0.2, 0.25) is 5.02 Å². The lowest BCUT2D eigenvalue weighted by molar-refractivity contribution is -0.114. The van der Waals surface area contributed by atoms with Crippen molar-refractivity contribution < 1.29 is 4.79 Å². The minimum absolute atomic E-state index is 0.127. The van der Waals surface area contributed by atoms with E-state index in [1.807, 2.05) is 22.9 Å². The van der Waals surface area contributed by atoms with Crippen LogP contribution in [0.5, 0.6) is 0 Å². The number of rotatable bonds is 2. The Kier molecular flexibility index (Phi) is 3.68. The van der Waals surface area contributed by atoms with Crippen molar-refractivity contribution >= 4 is 23.5 Å². The van der Waals surface area contributed by atoms with E-state index in [1.54, 1.807) is 0 Å². The fraction of sp³-hybridized carbons (Fsp3) is 0.400. The third kappa shape index (κ3) is 2.78. The maximum Gasteiger partial charge on any atom is 0.248 e. The highest BCUT2D eigenvalue weighted by atomic mass is 35.5. The van der Waals surface area contributed by atoms with Gasteiger partial charge in [-0.3, -0.25) is 10.1 Å². The van der Waals surface area contributed by atoms with Crippen LogP contribution in [0, 0.1) is 6.92 Å². The predicted octanol–water partition coefficient (Wildman–Crippen LogP) is 3.12. The number of aromatic nitrogens is 3. The zero-order valence-corrected chi connectivity index (χ0v) is 12.8. The monoisotopic (exact) mass is 304 g/mol. The lowest BCUT2D eigenvalue weighted by atomic mass is 9.94. The van der Waals surface area contributed by atoms with Crippen LogP contribution in [-0.4, -0.2) is 20.7 Å². The number of carbonyl (C=O) groups excluding carboxylic acids is 1. The lowest BCUT2D eigenvalue weighted by Crippen LogP contribution is -2.21. The zero-order chi connectivity index (χ0) is 15.0. The molecule has 1 aromatic carbocycles. The Balaban J connectivity index is 2.01. The summed E-state index contributed by atoms with van der Waals surface area (Å²) in [5.41, 5.74) is 2.36. The molecule has 1 aliphatic heterocycles. The molecular formula is C15H17ClN4O. The number of aryl methyl sites for hydroxylation is 2. The highest BCUT2D eigenvalue weighted by Gasteiger charge is 2.26. The van der Waals surface area contributed by atoms with E-state index in [1.165, 1.54) is 18.1 Å². The van der Waals surface area contributed by atoms with Gasteiger partial charge in [0.1, 0.15) is 5.82 Å². The number of nitrogens with zero attached hydrogens (tertiary/aromatic N) is 3. The van der Waals surface area contributed by atoms with E-state index in [2.05, 4.69) is 22.3 Å². The van der Waals surface area contributed by atoms with Gasteiger partial charge in [-0.1, -0.05) is 17.7 Å². The maximum atomic E-state index is 11.2. The number of halogens is 1. The summed E-state index contributed by atoms with van der Waals surface area (Å²) >= 11 is 6.13. The average molecular weight is 305 g/mol. The third-order valence-electron chi connectivity index (χ3n) is 3.76. The van der Waals surface area contributed by atoms with Gasteiger partial charge in [-0.25, -0.2) is 4.68 Å². The number of amides is 1. The molecule has 0 fully saturated rings. The molecule has 2 heterocycles. The molecule has 1 atom stereocenters. The molecule has 1 N–H and O–H groups in total. The van der Waals surface area contributed by atoms with Crippen molar-refractivity contribution in [2.24, 2.45) is 0 Å². The normalized spacial score (nSPS) is 17.4. The topological polar surface area (TPSA) is 59.8 Å². The zero-order valence-electron chi connectivity index (χ0n) is 12.1. The Hall–Kier alpha value is -1.88. The molecule has 0 bridgehead atoms. The van der Waals surface area contributed by atoms with Crippen LogP contribution in [0.3, 0.4) is 0 Å². The number of benzene rings is 1. The second kappa shape index (κ2) is 5.48. The van der Waals surface area contributed by atoms with Crippen molar-refractivity contribution in [3.63, 3.8) is 0 Å². The van der Waals surface area contributed by atoms with Crippen LogP contribution in [0.25, 0.3) is 0 Å². The molecule has 5 nitrogen and oxygen atoms in total. The quantitative estimate of drug-likeness (QED) is 0.927. The highest BCUT2D eigenvalue weighted by molar-refractivity contribution is 6.30. The van der Waals surface area contributed by atoms with Gasteiger partial charge >= 0.3 is 0 Å². The molecule has 0 saturated carbocycles. The minimum atomic E-state index is -0.159. The van der Waals surface area contributed by atoms with Crippen molar-refractivity contribution in [1.29, 1.82) is 0 Å². The summed E-state index contributed by atoms with van der Waals surface area (Å²) in [5, 5.41) is 7.83. The molecule has 2 aromatic rings. The van der Waals surface area contributed by atoms with Gasteiger partial charge in [0.15, 0.2) is 0 Å². The van der Waals surface area contributed by atoms with E-state index < -0.39 is 0 Å². The van der Waals surface area contributed by atoms with Crippen LogP contribution >= 0.6 is 11.6 Å². The second-order valence-electron chi connectivity index (χ2n) is 5.39. The van der Waals surface area contributed by atoms with Gasteiger partial charge in [-0.2, -0.15) is 4.98 Å². The van der Waals surface area contributed by atoms with Crippen LogP contribution in [0.4, 0.5) is 5.95 Å². The second-order valence-corrected chi connectivity index (χ2v) is 5.82. The lowest BCUT2D eigenvalue weighted by Gasteiger charge is -2.25. The van der Waals surface area contributed by atoms with Crippen molar-refractivity contribution in [3.8, 4) is 0 Å². The van der Waals surface area contributed by atoms with Crippen LogP contribution in [-0.2, 0) is 11.2 Å². The first kappa shape index (κ1) is 14.1. The van der Waals surface area contributed by atoms with Crippen LogP contribution < -0.4 is 5.32 Å². The molecule has 1 aliphatic rings. The first-order valence-corrected chi connectivity index (χ1v) is 7.41. The highest BCUT2D eigenvalue weighted by Crippen LogP contribution is 2.33. The summed E-state index contributed by atoms with van der Waals surface area (Å²) in [5.74, 6) is 1.13. The van der Waals surface area contributed by atoms with Crippen molar-refractivity contribution in [2.75, 3.05) is 5.32 Å². The van der Waals surface area contributed by atoms with Gasteiger partial charge in [-0.15, -0.1) is 5.10 Å². The number of hydrogen-bond acceptors (Lipinski definition) is 3. The van der Waals surface area contributed by atoms with Gasteiger partial charge in [-0.05, 0) is 43.0 Å². The fourth-order valence-corrected chi connectivity index (χ4v) is 3.00. The smallest absolute Gasteiger partial charge is 0.248 e. The Morgan fingerprint density at radius 2 is 2.29 bits per heavy atom. The summed E-state index contributed by atoms with van der Waals surface area (Å²) in [6.45, 7) is 3.53. The Bertz CT molecular complexity index is 695. The van der Waals surface area contributed by atoms with E-state index in [0.717, 1.165) is 30.1 Å². The summed E-state index contributed by atoms with van der Waals surface area (Å²) in [6, 6.07) is 6.05. The molecule has 6 heteroatoms. The number of hydrogen-bond donors (Lipinski definition) is 1. The average Bonchev–Trinajstić information content (AvgIpc) is 2.82. The standard InChI is InChI=1S/C15H17ClN4O/c1-9-6-7-11(16)8-12(9)13-4-3-5-14-18-15(17-10(2)21)19-20(13)14/h6-8,13H,3-5H2,1-2H3,(H,17,19,21). The van der Waals surface area contributed by atoms with Crippen molar-refractivity contribution in [1.82, 2.24) is 14.8 Å². The first-order chi connectivity index (χ1) is 10.0. The van der Waals surface area contributed by atoms with E-state index in [0.29, 0.717) is 5.95 Å². The van der Waals surface area contributed by atoms with E-state index in [4.69, 9.17) is 11.6 Å². The molecule has 1 unspecified atom stereocenters. The van der Waals surface area contributed by atoms with E-state index in [-0.39, 0.29) is 11.9 Å². The Morgan fingerprint density at radius 1 is 1.48 bits per heavy atom. The summed E-state index contributed by atoms with van der Waals surface area (Å²) < 4.78 is 1.92. The van der Waals surface area contributed by atoms with Crippen molar-refractivity contribution in [3.05, 3.63) is 40.2 Å². The number of carbonyl (C=O) groups is 1. The maximum absolute atomic E-state index is 11.2. The molecule has 3 rings (SSSR count). The summed E-state index contributed by atoms with van der Waals surface area (Å²) in [7, 11) is 0. The molecule has 110 valence electrons. The van der Waals surface area contributed by atoms with Crippen LogP contribution in [0.15, 0.2) is 18.2 Å². The number of nitrogens with one attached hydrogen (secondary N) is 1. The largest absolute Gasteiger partial charge is 0.293 e. The molecule has 0 saturated heterocycles.